The average molecular weight is 396 g/mol. The Morgan fingerprint density at radius 1 is 1.31 bits per heavy atom. The molecule has 0 atom stereocenters. The summed E-state index contributed by atoms with van der Waals surface area (Å²) in [7, 11) is 1.70. The number of fused-ring (bicyclic) bond motifs is 3. The highest BCUT2D eigenvalue weighted by atomic mass is 16.5. The maximum atomic E-state index is 13.1. The number of amides is 1. The zero-order valence-corrected chi connectivity index (χ0v) is 16.9. The fourth-order valence-corrected chi connectivity index (χ4v) is 5.07. The SMILES string of the molecule is COc1cccc2c1CCN(C(=O)Cn1cnc3c1CCNC31CCOCC1)C2. The Kier molecular flexibility index (Phi) is 4.80. The summed E-state index contributed by atoms with van der Waals surface area (Å²) >= 11 is 0. The molecule has 1 amide bonds. The van der Waals surface area contributed by atoms with Crippen molar-refractivity contribution in [3.63, 3.8) is 0 Å². The van der Waals surface area contributed by atoms with Gasteiger partial charge >= 0.3 is 0 Å². The van der Waals surface area contributed by atoms with E-state index in [-0.39, 0.29) is 11.4 Å². The van der Waals surface area contributed by atoms with E-state index >= 15 is 0 Å². The summed E-state index contributed by atoms with van der Waals surface area (Å²) in [6.45, 7) is 4.17. The first kappa shape index (κ1) is 18.6. The van der Waals surface area contributed by atoms with Gasteiger partial charge in [0, 0.05) is 50.5 Å². The van der Waals surface area contributed by atoms with E-state index in [1.807, 2.05) is 23.4 Å². The van der Waals surface area contributed by atoms with Gasteiger partial charge in [-0.1, -0.05) is 12.1 Å². The summed E-state index contributed by atoms with van der Waals surface area (Å²) in [5.74, 6) is 1.07. The van der Waals surface area contributed by atoms with Crippen molar-refractivity contribution < 1.29 is 14.3 Å². The second-order valence-corrected chi connectivity index (χ2v) is 8.20. The lowest BCUT2D eigenvalue weighted by Gasteiger charge is -2.40. The predicted octanol–water partition coefficient (Wildman–Crippen LogP) is 1.63. The molecule has 7 heteroatoms. The fraction of sp³-hybridized carbons (Fsp3) is 0.545. The number of imidazole rings is 1. The molecular weight excluding hydrogens is 368 g/mol. The number of methoxy groups -OCH3 is 1. The maximum absolute atomic E-state index is 13.1. The van der Waals surface area contributed by atoms with E-state index in [2.05, 4.69) is 16.0 Å². The van der Waals surface area contributed by atoms with E-state index in [0.717, 1.165) is 63.4 Å². The zero-order chi connectivity index (χ0) is 19.8. The van der Waals surface area contributed by atoms with E-state index in [4.69, 9.17) is 14.5 Å². The second kappa shape index (κ2) is 7.46. The van der Waals surface area contributed by atoms with Crippen LogP contribution in [0.1, 0.15) is 35.4 Å². The number of carbonyl (C=O) groups excluding carboxylic acids is 1. The summed E-state index contributed by atoms with van der Waals surface area (Å²) in [6, 6.07) is 6.09. The summed E-state index contributed by atoms with van der Waals surface area (Å²) in [4.78, 5) is 19.8. The highest BCUT2D eigenvalue weighted by molar-refractivity contribution is 5.76. The number of hydrogen-bond acceptors (Lipinski definition) is 5. The molecule has 1 spiro atoms. The molecule has 0 saturated carbocycles. The standard InChI is InChI=1S/C22H28N4O3/c1-28-19-4-2-3-16-13-25(10-6-17(16)19)20(27)14-26-15-23-21-18(26)5-9-24-22(21)7-11-29-12-8-22/h2-4,15,24H,5-14H2,1H3. The van der Waals surface area contributed by atoms with Crippen molar-refractivity contribution in [1.29, 1.82) is 0 Å². The van der Waals surface area contributed by atoms with Gasteiger partial charge in [-0.05, 0) is 30.9 Å². The van der Waals surface area contributed by atoms with Gasteiger partial charge in [-0.2, -0.15) is 0 Å². The van der Waals surface area contributed by atoms with Gasteiger partial charge in [0.15, 0.2) is 0 Å². The van der Waals surface area contributed by atoms with Crippen molar-refractivity contribution in [2.45, 2.75) is 44.3 Å². The third kappa shape index (κ3) is 3.22. The summed E-state index contributed by atoms with van der Waals surface area (Å²) < 4.78 is 13.1. The first-order chi connectivity index (χ1) is 14.2. The normalized spacial score (nSPS) is 20.2. The van der Waals surface area contributed by atoms with Gasteiger partial charge < -0.3 is 24.3 Å². The number of carbonyl (C=O) groups is 1. The first-order valence-electron chi connectivity index (χ1n) is 10.5. The van der Waals surface area contributed by atoms with E-state index < -0.39 is 0 Å². The molecule has 3 aliphatic rings. The number of hydrogen-bond donors (Lipinski definition) is 1. The number of ether oxygens (including phenoxy) is 2. The van der Waals surface area contributed by atoms with E-state index in [9.17, 15) is 4.79 Å². The molecule has 1 N–H and O–H groups in total. The lowest BCUT2D eigenvalue weighted by molar-refractivity contribution is -0.132. The van der Waals surface area contributed by atoms with Gasteiger partial charge in [0.25, 0.3) is 0 Å². The number of nitrogens with zero attached hydrogens (tertiary/aromatic N) is 3. The van der Waals surface area contributed by atoms with Gasteiger partial charge in [-0.15, -0.1) is 0 Å². The van der Waals surface area contributed by atoms with Crippen LogP contribution in [0.5, 0.6) is 5.75 Å². The summed E-state index contributed by atoms with van der Waals surface area (Å²) in [6.07, 6.45) is 5.48. The van der Waals surface area contributed by atoms with Crippen LogP contribution in [0.3, 0.4) is 0 Å². The monoisotopic (exact) mass is 396 g/mol. The fourth-order valence-electron chi connectivity index (χ4n) is 5.07. The minimum atomic E-state index is -0.0826. The number of aromatic nitrogens is 2. The van der Waals surface area contributed by atoms with Crippen molar-refractivity contribution in [1.82, 2.24) is 19.8 Å². The smallest absolute Gasteiger partial charge is 0.242 e. The molecule has 154 valence electrons. The lowest BCUT2D eigenvalue weighted by atomic mass is 9.82. The molecule has 1 aromatic heterocycles. The van der Waals surface area contributed by atoms with Crippen molar-refractivity contribution >= 4 is 5.91 Å². The molecule has 0 radical (unpaired) electrons. The topological polar surface area (TPSA) is 68.6 Å². The van der Waals surface area contributed by atoms with Gasteiger partial charge in [-0.25, -0.2) is 4.98 Å². The average Bonchev–Trinajstić information content (AvgIpc) is 3.18. The molecule has 0 bridgehead atoms. The van der Waals surface area contributed by atoms with Crippen LogP contribution in [0.25, 0.3) is 0 Å². The van der Waals surface area contributed by atoms with E-state index in [0.29, 0.717) is 13.1 Å². The van der Waals surface area contributed by atoms with Crippen LogP contribution in [0, 0.1) is 0 Å². The largest absolute Gasteiger partial charge is 0.496 e. The van der Waals surface area contributed by atoms with E-state index in [1.165, 1.54) is 16.8 Å². The van der Waals surface area contributed by atoms with Crippen molar-refractivity contribution in [3.05, 3.63) is 47.0 Å². The van der Waals surface area contributed by atoms with Crippen LogP contribution in [0.2, 0.25) is 0 Å². The third-order valence-electron chi connectivity index (χ3n) is 6.67. The van der Waals surface area contributed by atoms with Crippen LogP contribution in [0.15, 0.2) is 24.5 Å². The Balaban J connectivity index is 1.33. The van der Waals surface area contributed by atoms with Crippen LogP contribution < -0.4 is 10.1 Å². The Morgan fingerprint density at radius 2 is 2.17 bits per heavy atom. The molecule has 1 fully saturated rings. The molecule has 3 aliphatic heterocycles. The van der Waals surface area contributed by atoms with Crippen molar-refractivity contribution in [3.8, 4) is 5.75 Å². The van der Waals surface area contributed by atoms with Crippen LogP contribution in [0.4, 0.5) is 0 Å². The van der Waals surface area contributed by atoms with Crippen molar-refractivity contribution in [2.24, 2.45) is 0 Å². The predicted molar refractivity (Wildman–Crippen MR) is 108 cm³/mol. The van der Waals surface area contributed by atoms with Gasteiger partial charge in [0.2, 0.25) is 5.91 Å². The van der Waals surface area contributed by atoms with Gasteiger partial charge in [0.1, 0.15) is 12.3 Å². The maximum Gasteiger partial charge on any atom is 0.242 e. The number of rotatable bonds is 3. The molecule has 7 nitrogen and oxygen atoms in total. The molecule has 4 heterocycles. The highest BCUT2D eigenvalue weighted by Crippen LogP contribution is 2.36. The number of nitrogens with one attached hydrogen (secondary N) is 1. The minimum Gasteiger partial charge on any atom is -0.496 e. The summed E-state index contributed by atoms with van der Waals surface area (Å²) in [5, 5.41) is 3.68. The van der Waals surface area contributed by atoms with Crippen LogP contribution in [-0.4, -0.2) is 53.8 Å². The molecule has 1 aromatic carbocycles. The first-order valence-corrected chi connectivity index (χ1v) is 10.5. The molecular formula is C22H28N4O3. The van der Waals surface area contributed by atoms with Gasteiger partial charge in [-0.3, -0.25) is 4.79 Å². The van der Waals surface area contributed by atoms with Gasteiger partial charge in [0.05, 0.1) is 24.7 Å². The highest BCUT2D eigenvalue weighted by Gasteiger charge is 2.41. The molecule has 0 aliphatic carbocycles. The Morgan fingerprint density at radius 3 is 3.00 bits per heavy atom. The minimum absolute atomic E-state index is 0.0826. The molecule has 0 unspecified atom stereocenters. The lowest BCUT2D eigenvalue weighted by Crippen LogP contribution is -2.51. The summed E-state index contributed by atoms with van der Waals surface area (Å²) in [5.41, 5.74) is 4.65. The molecule has 5 rings (SSSR count). The molecule has 2 aromatic rings. The third-order valence-corrected chi connectivity index (χ3v) is 6.67. The zero-order valence-electron chi connectivity index (χ0n) is 16.9. The van der Waals surface area contributed by atoms with Crippen LogP contribution in [-0.2, 0) is 41.0 Å². The van der Waals surface area contributed by atoms with Crippen LogP contribution >= 0.6 is 0 Å². The molecule has 1 saturated heterocycles. The Bertz CT molecular complexity index is 917. The van der Waals surface area contributed by atoms with Crippen molar-refractivity contribution in [2.75, 3.05) is 33.4 Å². The van der Waals surface area contributed by atoms with E-state index in [1.54, 1.807) is 7.11 Å². The molecule has 29 heavy (non-hydrogen) atoms. The number of benzene rings is 1. The Hall–Kier alpha value is -2.38. The second-order valence-electron chi connectivity index (χ2n) is 8.20. The Labute approximate surface area is 171 Å². The quantitative estimate of drug-likeness (QED) is 0.854.